The van der Waals surface area contributed by atoms with Gasteiger partial charge in [0, 0.05) is 17.3 Å². The predicted molar refractivity (Wildman–Crippen MR) is 75.5 cm³/mol. The van der Waals surface area contributed by atoms with Crippen LogP contribution in [0.3, 0.4) is 0 Å². The van der Waals surface area contributed by atoms with Crippen molar-refractivity contribution in [3.8, 4) is 0 Å². The predicted octanol–water partition coefficient (Wildman–Crippen LogP) is 1.25. The van der Waals surface area contributed by atoms with Crippen LogP contribution in [0.25, 0.3) is 0 Å². The summed E-state index contributed by atoms with van der Waals surface area (Å²) in [4.78, 5) is 23.6. The molecule has 3 aliphatic rings. The van der Waals surface area contributed by atoms with Gasteiger partial charge in [0.2, 0.25) is 0 Å². The molecule has 0 amide bonds. The molecule has 22 heavy (non-hydrogen) atoms. The molecule has 6 atom stereocenters. The molecule has 2 bridgehead atoms. The van der Waals surface area contributed by atoms with E-state index in [0.29, 0.717) is 0 Å². The van der Waals surface area contributed by atoms with E-state index in [2.05, 4.69) is 0 Å². The van der Waals surface area contributed by atoms with Crippen molar-refractivity contribution in [1.82, 2.24) is 0 Å². The first-order valence-corrected chi connectivity index (χ1v) is 8.03. The third kappa shape index (κ3) is 2.52. The first-order chi connectivity index (χ1) is 10.3. The standard InChI is InChI=1S/C16H24O6/c1-4-16(2,3)15(19)20-7-11(17)21-12-8-5-9-10(6-8)14(18)22-13(9)12/h8-10,12-13,15,19H,4-7H2,1-3H3. The molecular formula is C16H24O6. The third-order valence-corrected chi connectivity index (χ3v) is 5.62. The Labute approximate surface area is 130 Å². The lowest BCUT2D eigenvalue weighted by Gasteiger charge is -2.29. The fourth-order valence-electron chi connectivity index (χ4n) is 3.80. The lowest BCUT2D eigenvalue weighted by molar-refractivity contribution is -0.192. The van der Waals surface area contributed by atoms with Gasteiger partial charge in [0.25, 0.3) is 0 Å². The average Bonchev–Trinajstić information content (AvgIpc) is 3.09. The maximum absolute atomic E-state index is 12.0. The van der Waals surface area contributed by atoms with E-state index in [0.717, 1.165) is 19.3 Å². The van der Waals surface area contributed by atoms with Gasteiger partial charge in [0.1, 0.15) is 18.8 Å². The van der Waals surface area contributed by atoms with Crippen LogP contribution in [-0.2, 0) is 23.8 Å². The SMILES string of the molecule is CCC(C)(C)C(O)OCC(=O)OC1C2CC3C(=O)OC1C3C2. The summed E-state index contributed by atoms with van der Waals surface area (Å²) < 4.78 is 16.0. The van der Waals surface area contributed by atoms with Crippen molar-refractivity contribution in [2.45, 2.75) is 58.5 Å². The highest BCUT2D eigenvalue weighted by atomic mass is 16.6. The molecule has 2 aliphatic carbocycles. The molecule has 2 saturated carbocycles. The number of ether oxygens (including phenoxy) is 3. The van der Waals surface area contributed by atoms with Gasteiger partial charge in [-0.25, -0.2) is 4.79 Å². The Morgan fingerprint density at radius 3 is 2.86 bits per heavy atom. The number of rotatable bonds is 6. The summed E-state index contributed by atoms with van der Waals surface area (Å²) in [6, 6.07) is 0. The van der Waals surface area contributed by atoms with E-state index < -0.39 is 17.7 Å². The molecule has 1 N–H and O–H groups in total. The van der Waals surface area contributed by atoms with Crippen molar-refractivity contribution in [2.24, 2.45) is 23.2 Å². The van der Waals surface area contributed by atoms with E-state index in [9.17, 15) is 14.7 Å². The first-order valence-electron chi connectivity index (χ1n) is 8.03. The number of hydrogen-bond donors (Lipinski definition) is 1. The summed E-state index contributed by atoms with van der Waals surface area (Å²) in [5, 5.41) is 9.93. The van der Waals surface area contributed by atoms with E-state index in [1.165, 1.54) is 0 Å². The molecule has 6 heteroatoms. The number of esters is 2. The highest BCUT2D eigenvalue weighted by Gasteiger charge is 2.63. The minimum absolute atomic E-state index is 0.00776. The van der Waals surface area contributed by atoms with Crippen molar-refractivity contribution >= 4 is 11.9 Å². The summed E-state index contributed by atoms with van der Waals surface area (Å²) in [6.45, 7) is 5.40. The Morgan fingerprint density at radius 2 is 2.18 bits per heavy atom. The minimum Gasteiger partial charge on any atom is -0.458 e. The molecule has 0 radical (unpaired) electrons. The molecule has 1 heterocycles. The van der Waals surface area contributed by atoms with Crippen LogP contribution < -0.4 is 0 Å². The largest absolute Gasteiger partial charge is 0.458 e. The number of aliphatic hydroxyl groups is 1. The van der Waals surface area contributed by atoms with Crippen molar-refractivity contribution in [3.63, 3.8) is 0 Å². The summed E-state index contributed by atoms with van der Waals surface area (Å²) in [7, 11) is 0. The van der Waals surface area contributed by atoms with E-state index in [1.807, 2.05) is 20.8 Å². The monoisotopic (exact) mass is 312 g/mol. The molecule has 0 spiro atoms. The van der Waals surface area contributed by atoms with Crippen molar-refractivity contribution in [3.05, 3.63) is 0 Å². The van der Waals surface area contributed by atoms with Crippen molar-refractivity contribution < 1.29 is 28.9 Å². The van der Waals surface area contributed by atoms with Crippen LogP contribution >= 0.6 is 0 Å². The molecule has 3 rings (SSSR count). The molecule has 6 nitrogen and oxygen atoms in total. The van der Waals surface area contributed by atoms with E-state index in [4.69, 9.17) is 14.2 Å². The zero-order valence-corrected chi connectivity index (χ0v) is 13.3. The van der Waals surface area contributed by atoms with Crippen LogP contribution in [0.2, 0.25) is 0 Å². The van der Waals surface area contributed by atoms with E-state index >= 15 is 0 Å². The van der Waals surface area contributed by atoms with Crippen molar-refractivity contribution in [2.75, 3.05) is 6.61 Å². The summed E-state index contributed by atoms with van der Waals surface area (Å²) in [6.07, 6.45) is 0.737. The molecule has 3 fully saturated rings. The third-order valence-electron chi connectivity index (χ3n) is 5.62. The number of carbonyl (C=O) groups excluding carboxylic acids is 2. The van der Waals surface area contributed by atoms with Gasteiger partial charge < -0.3 is 19.3 Å². The van der Waals surface area contributed by atoms with Crippen LogP contribution in [0.15, 0.2) is 0 Å². The van der Waals surface area contributed by atoms with Gasteiger partial charge in [-0.1, -0.05) is 20.8 Å². The molecule has 1 saturated heterocycles. The van der Waals surface area contributed by atoms with Gasteiger partial charge in [-0.3, -0.25) is 4.79 Å². The Kier molecular flexibility index (Phi) is 3.93. The lowest BCUT2D eigenvalue weighted by atomic mass is 9.88. The Hall–Kier alpha value is -1.14. The normalized spacial score (nSPS) is 37.3. The van der Waals surface area contributed by atoms with Gasteiger partial charge in [-0.2, -0.15) is 0 Å². The lowest BCUT2D eigenvalue weighted by Crippen LogP contribution is -2.38. The fourth-order valence-corrected chi connectivity index (χ4v) is 3.80. The van der Waals surface area contributed by atoms with Gasteiger partial charge in [-0.05, 0) is 19.3 Å². The second kappa shape index (κ2) is 5.49. The maximum atomic E-state index is 12.0. The van der Waals surface area contributed by atoms with E-state index in [-0.39, 0.29) is 42.5 Å². The van der Waals surface area contributed by atoms with Gasteiger partial charge in [0.15, 0.2) is 6.29 Å². The zero-order chi connectivity index (χ0) is 16.1. The molecule has 0 aromatic carbocycles. The highest BCUT2D eigenvalue weighted by molar-refractivity contribution is 5.77. The summed E-state index contributed by atoms with van der Waals surface area (Å²) in [5.41, 5.74) is -0.416. The zero-order valence-electron chi connectivity index (χ0n) is 13.3. The summed E-state index contributed by atoms with van der Waals surface area (Å²) >= 11 is 0. The minimum atomic E-state index is -1.02. The Bertz CT molecular complexity index is 473. The second-order valence-corrected chi connectivity index (χ2v) is 7.36. The van der Waals surface area contributed by atoms with Gasteiger partial charge in [0.05, 0.1) is 5.92 Å². The van der Waals surface area contributed by atoms with Crippen LogP contribution in [0.1, 0.15) is 40.0 Å². The summed E-state index contributed by atoms with van der Waals surface area (Å²) in [5.74, 6) is -0.225. The van der Waals surface area contributed by atoms with Crippen LogP contribution in [-0.4, -0.2) is 42.1 Å². The molecule has 1 aliphatic heterocycles. The molecule has 0 aromatic heterocycles. The number of fused-ring (bicyclic) bond motifs is 1. The molecule has 6 unspecified atom stereocenters. The van der Waals surface area contributed by atoms with E-state index in [1.54, 1.807) is 0 Å². The maximum Gasteiger partial charge on any atom is 0.332 e. The van der Waals surface area contributed by atoms with Crippen LogP contribution in [0, 0.1) is 23.2 Å². The number of carbonyl (C=O) groups is 2. The quantitative estimate of drug-likeness (QED) is 0.587. The second-order valence-electron chi connectivity index (χ2n) is 7.36. The molecule has 124 valence electrons. The van der Waals surface area contributed by atoms with Gasteiger partial charge >= 0.3 is 11.9 Å². The average molecular weight is 312 g/mol. The number of hydrogen-bond acceptors (Lipinski definition) is 6. The molecule has 0 aromatic rings. The topological polar surface area (TPSA) is 82.1 Å². The van der Waals surface area contributed by atoms with Crippen LogP contribution in [0.5, 0.6) is 0 Å². The fraction of sp³-hybridized carbons (Fsp3) is 0.875. The smallest absolute Gasteiger partial charge is 0.332 e. The number of aliphatic hydroxyl groups excluding tert-OH is 1. The molecular weight excluding hydrogens is 288 g/mol. The van der Waals surface area contributed by atoms with Crippen LogP contribution in [0.4, 0.5) is 0 Å². The first kappa shape index (κ1) is 15.7. The Morgan fingerprint density at radius 1 is 1.45 bits per heavy atom. The Balaban J connectivity index is 1.50. The van der Waals surface area contributed by atoms with Gasteiger partial charge in [-0.15, -0.1) is 0 Å². The van der Waals surface area contributed by atoms with Crippen molar-refractivity contribution in [1.29, 1.82) is 0 Å². The highest BCUT2D eigenvalue weighted by Crippen LogP contribution is 2.55.